The zero-order chi connectivity index (χ0) is 13.7. The van der Waals surface area contributed by atoms with Gasteiger partial charge in [0.05, 0.1) is 0 Å². The van der Waals surface area contributed by atoms with Crippen LogP contribution in [0.4, 0.5) is 0 Å². The summed E-state index contributed by atoms with van der Waals surface area (Å²) in [6.07, 6.45) is 10.8. The molecule has 19 heavy (non-hydrogen) atoms. The van der Waals surface area contributed by atoms with E-state index in [1.54, 1.807) is 15.3 Å². The Bertz CT molecular complexity index is 357. The molecule has 0 bridgehead atoms. The molecule has 1 aromatic rings. The van der Waals surface area contributed by atoms with Crippen LogP contribution in [0.1, 0.15) is 73.7 Å². The van der Waals surface area contributed by atoms with Gasteiger partial charge in [-0.1, -0.05) is 33.1 Å². The van der Waals surface area contributed by atoms with Crippen molar-refractivity contribution >= 4 is 11.3 Å². The zero-order valence-electron chi connectivity index (χ0n) is 12.8. The fourth-order valence-electron chi connectivity index (χ4n) is 3.02. The second kappa shape index (κ2) is 7.44. The van der Waals surface area contributed by atoms with Gasteiger partial charge in [-0.3, -0.25) is 0 Å². The van der Waals surface area contributed by atoms with Gasteiger partial charge in [-0.15, -0.1) is 11.3 Å². The predicted octanol–water partition coefficient (Wildman–Crippen LogP) is 5.10. The Morgan fingerprint density at radius 3 is 2.68 bits per heavy atom. The average Bonchev–Trinajstić information content (AvgIpc) is 2.65. The molecule has 0 amide bonds. The molecule has 1 unspecified atom stereocenters. The van der Waals surface area contributed by atoms with Crippen molar-refractivity contribution in [2.75, 3.05) is 7.05 Å². The number of nitrogens with one attached hydrogen (secondary N) is 1. The molecule has 1 aromatic heterocycles. The lowest BCUT2D eigenvalue weighted by atomic mass is 10.0. The van der Waals surface area contributed by atoms with Crippen LogP contribution in [-0.4, -0.2) is 7.05 Å². The van der Waals surface area contributed by atoms with Crippen LogP contribution in [0.25, 0.3) is 0 Å². The molecule has 0 saturated heterocycles. The minimum atomic E-state index is 0.579. The number of hydrogen-bond donors (Lipinski definition) is 1. The third-order valence-corrected chi connectivity index (χ3v) is 5.58. The quantitative estimate of drug-likeness (QED) is 0.714. The van der Waals surface area contributed by atoms with Crippen molar-refractivity contribution in [2.45, 2.75) is 71.3 Å². The van der Waals surface area contributed by atoms with Gasteiger partial charge in [-0.25, -0.2) is 0 Å². The molecule has 0 radical (unpaired) electrons. The fraction of sp³-hybridized carbons (Fsp3) is 0.765. The summed E-state index contributed by atoms with van der Waals surface area (Å²) in [7, 11) is 2.12. The van der Waals surface area contributed by atoms with Crippen molar-refractivity contribution in [1.82, 2.24) is 5.32 Å². The maximum absolute atomic E-state index is 3.53. The number of thiophene rings is 1. The highest BCUT2D eigenvalue weighted by Crippen LogP contribution is 2.34. The highest BCUT2D eigenvalue weighted by Gasteiger charge is 2.17. The fourth-order valence-corrected chi connectivity index (χ4v) is 4.42. The number of hydrogen-bond acceptors (Lipinski definition) is 2. The molecular formula is C17H29NS. The van der Waals surface area contributed by atoms with E-state index in [1.165, 1.54) is 51.4 Å². The third kappa shape index (κ3) is 4.32. The Balaban J connectivity index is 1.98. The van der Waals surface area contributed by atoms with E-state index in [1.807, 2.05) is 0 Å². The Morgan fingerprint density at radius 2 is 1.95 bits per heavy atom. The molecule has 0 saturated carbocycles. The van der Waals surface area contributed by atoms with Gasteiger partial charge in [0.1, 0.15) is 0 Å². The summed E-state index contributed by atoms with van der Waals surface area (Å²) in [5, 5.41) is 3.53. The lowest BCUT2D eigenvalue weighted by Gasteiger charge is -2.15. The van der Waals surface area contributed by atoms with E-state index in [2.05, 4.69) is 43.6 Å². The molecule has 0 aliphatic heterocycles. The zero-order valence-corrected chi connectivity index (χ0v) is 13.6. The first-order chi connectivity index (χ1) is 9.20. The van der Waals surface area contributed by atoms with E-state index in [0.29, 0.717) is 6.04 Å². The van der Waals surface area contributed by atoms with Crippen LogP contribution >= 0.6 is 11.3 Å². The average molecular weight is 279 g/mol. The van der Waals surface area contributed by atoms with Gasteiger partial charge in [-0.2, -0.15) is 0 Å². The minimum absolute atomic E-state index is 0.579. The highest BCUT2D eigenvalue weighted by molar-refractivity contribution is 7.12. The SMILES string of the molecule is CNC(CCCC(C)C)c1cc2c(s1)CCCCC2. The van der Waals surface area contributed by atoms with Gasteiger partial charge in [0.2, 0.25) is 0 Å². The van der Waals surface area contributed by atoms with Gasteiger partial charge in [0.15, 0.2) is 0 Å². The normalized spacial score (nSPS) is 17.3. The monoisotopic (exact) mass is 279 g/mol. The number of rotatable bonds is 6. The maximum Gasteiger partial charge on any atom is 0.0412 e. The molecular weight excluding hydrogens is 250 g/mol. The van der Waals surface area contributed by atoms with E-state index in [9.17, 15) is 0 Å². The molecule has 1 N–H and O–H groups in total. The van der Waals surface area contributed by atoms with E-state index < -0.39 is 0 Å². The van der Waals surface area contributed by atoms with E-state index in [-0.39, 0.29) is 0 Å². The number of aryl methyl sites for hydroxylation is 2. The minimum Gasteiger partial charge on any atom is -0.312 e. The van der Waals surface area contributed by atoms with E-state index in [0.717, 1.165) is 5.92 Å². The van der Waals surface area contributed by atoms with Crippen LogP contribution < -0.4 is 5.32 Å². The summed E-state index contributed by atoms with van der Waals surface area (Å²) in [4.78, 5) is 3.26. The molecule has 1 atom stereocenters. The van der Waals surface area contributed by atoms with Crippen molar-refractivity contribution in [3.05, 3.63) is 21.4 Å². The van der Waals surface area contributed by atoms with Crippen molar-refractivity contribution in [2.24, 2.45) is 5.92 Å². The molecule has 2 rings (SSSR count). The molecule has 1 nitrogen and oxygen atoms in total. The summed E-state index contributed by atoms with van der Waals surface area (Å²) < 4.78 is 0. The summed E-state index contributed by atoms with van der Waals surface area (Å²) in [6, 6.07) is 3.08. The lowest BCUT2D eigenvalue weighted by molar-refractivity contribution is 0.474. The van der Waals surface area contributed by atoms with Gasteiger partial charge in [0, 0.05) is 15.8 Å². The summed E-state index contributed by atoms with van der Waals surface area (Å²) >= 11 is 2.08. The highest BCUT2D eigenvalue weighted by atomic mass is 32.1. The standard InChI is InChI=1S/C17H29NS/c1-13(2)8-7-10-15(18-3)17-12-14-9-5-4-6-11-16(14)19-17/h12-13,15,18H,4-11H2,1-3H3. The second-order valence-electron chi connectivity index (χ2n) is 6.32. The maximum atomic E-state index is 3.53. The Kier molecular flexibility index (Phi) is 5.90. The van der Waals surface area contributed by atoms with Gasteiger partial charge in [0.25, 0.3) is 0 Å². The molecule has 0 aromatic carbocycles. The van der Waals surface area contributed by atoms with Crippen LogP contribution in [0.15, 0.2) is 6.07 Å². The lowest BCUT2D eigenvalue weighted by Crippen LogP contribution is -2.15. The van der Waals surface area contributed by atoms with Crippen LogP contribution in [0, 0.1) is 5.92 Å². The second-order valence-corrected chi connectivity index (χ2v) is 7.49. The number of fused-ring (bicyclic) bond motifs is 1. The molecule has 0 spiro atoms. The predicted molar refractivity (Wildman–Crippen MR) is 86.1 cm³/mol. The molecule has 2 heteroatoms. The topological polar surface area (TPSA) is 12.0 Å². The molecule has 0 fully saturated rings. The van der Waals surface area contributed by atoms with Gasteiger partial charge >= 0.3 is 0 Å². The van der Waals surface area contributed by atoms with Crippen molar-refractivity contribution in [3.8, 4) is 0 Å². The van der Waals surface area contributed by atoms with Gasteiger partial charge in [-0.05, 0) is 56.7 Å². The first-order valence-corrected chi connectivity index (χ1v) is 8.81. The van der Waals surface area contributed by atoms with E-state index >= 15 is 0 Å². The Morgan fingerprint density at radius 1 is 1.16 bits per heavy atom. The first-order valence-electron chi connectivity index (χ1n) is 7.99. The first kappa shape index (κ1) is 15.1. The summed E-state index contributed by atoms with van der Waals surface area (Å²) in [5.41, 5.74) is 1.65. The van der Waals surface area contributed by atoms with Crippen LogP contribution in [0.2, 0.25) is 0 Å². The van der Waals surface area contributed by atoms with Crippen molar-refractivity contribution in [3.63, 3.8) is 0 Å². The van der Waals surface area contributed by atoms with Crippen molar-refractivity contribution < 1.29 is 0 Å². The molecule has 108 valence electrons. The summed E-state index contributed by atoms with van der Waals surface area (Å²) in [5.74, 6) is 0.831. The van der Waals surface area contributed by atoms with Crippen LogP contribution in [0.5, 0.6) is 0 Å². The van der Waals surface area contributed by atoms with Crippen molar-refractivity contribution in [1.29, 1.82) is 0 Å². The molecule has 1 heterocycles. The van der Waals surface area contributed by atoms with Gasteiger partial charge < -0.3 is 5.32 Å². The third-order valence-electron chi connectivity index (χ3n) is 4.23. The van der Waals surface area contributed by atoms with Crippen LogP contribution in [0.3, 0.4) is 0 Å². The van der Waals surface area contributed by atoms with Crippen LogP contribution in [-0.2, 0) is 12.8 Å². The Hall–Kier alpha value is -0.340. The summed E-state index contributed by atoms with van der Waals surface area (Å²) in [6.45, 7) is 4.64. The smallest absolute Gasteiger partial charge is 0.0412 e. The largest absolute Gasteiger partial charge is 0.312 e. The molecule has 1 aliphatic carbocycles. The molecule has 1 aliphatic rings. The van der Waals surface area contributed by atoms with E-state index in [4.69, 9.17) is 0 Å². The Labute approximate surface area is 122 Å².